The average Bonchev–Trinajstić information content (AvgIpc) is 3.15. The van der Waals surface area contributed by atoms with Gasteiger partial charge in [0.15, 0.2) is 6.61 Å². The van der Waals surface area contributed by atoms with Gasteiger partial charge in [-0.1, -0.05) is 37.2 Å². The lowest BCUT2D eigenvalue weighted by Gasteiger charge is -2.32. The molecule has 1 saturated heterocycles. The third-order valence-electron chi connectivity index (χ3n) is 4.71. The highest BCUT2D eigenvalue weighted by atomic mass is 16.5. The maximum Gasteiger partial charge on any atom is 0.231 e. The lowest BCUT2D eigenvalue weighted by Crippen LogP contribution is -2.41. The number of benzene rings is 1. The van der Waals surface area contributed by atoms with E-state index in [4.69, 9.17) is 9.26 Å². The number of carbonyl (C=O) groups excluding carboxylic acids is 1. The summed E-state index contributed by atoms with van der Waals surface area (Å²) in [4.78, 5) is 18.8. The monoisotopic (exact) mass is 343 g/mol. The van der Waals surface area contributed by atoms with Gasteiger partial charge in [-0.15, -0.1) is 0 Å². The standard InChI is InChI=1S/C19H25N3O3/c1-3-14(2)19(23)22-11-7-8-15(12-22)18-20-17(21-25-18)13-24-16-9-5-4-6-10-16/h4-6,9-10,14-15H,3,7-8,11-13H2,1-2H3/t14-,15+/m1/s1. The lowest BCUT2D eigenvalue weighted by molar-refractivity contribution is -0.136. The Balaban J connectivity index is 1.58. The molecule has 2 atom stereocenters. The van der Waals surface area contributed by atoms with Gasteiger partial charge >= 0.3 is 0 Å². The molecule has 134 valence electrons. The first-order valence-electron chi connectivity index (χ1n) is 8.96. The molecule has 6 heteroatoms. The van der Waals surface area contributed by atoms with Gasteiger partial charge in [0.1, 0.15) is 5.75 Å². The van der Waals surface area contributed by atoms with Crippen molar-refractivity contribution in [2.45, 2.75) is 45.6 Å². The average molecular weight is 343 g/mol. The first-order valence-corrected chi connectivity index (χ1v) is 8.96. The molecule has 0 N–H and O–H groups in total. The second-order valence-corrected chi connectivity index (χ2v) is 6.58. The summed E-state index contributed by atoms with van der Waals surface area (Å²) in [6, 6.07) is 9.56. The first kappa shape index (κ1) is 17.5. The van der Waals surface area contributed by atoms with E-state index in [1.807, 2.05) is 49.1 Å². The molecule has 0 bridgehead atoms. The normalized spacial score (nSPS) is 18.8. The molecule has 0 unspecified atom stereocenters. The molecule has 2 heterocycles. The highest BCUT2D eigenvalue weighted by Gasteiger charge is 2.30. The van der Waals surface area contributed by atoms with Gasteiger partial charge in [0.05, 0.1) is 5.92 Å². The quantitative estimate of drug-likeness (QED) is 0.804. The summed E-state index contributed by atoms with van der Waals surface area (Å²) in [6.45, 7) is 5.77. The molecule has 1 amide bonds. The van der Waals surface area contributed by atoms with Crippen molar-refractivity contribution in [2.75, 3.05) is 13.1 Å². The Morgan fingerprint density at radius 1 is 1.40 bits per heavy atom. The Morgan fingerprint density at radius 3 is 2.96 bits per heavy atom. The van der Waals surface area contributed by atoms with E-state index < -0.39 is 0 Å². The minimum atomic E-state index is 0.0660. The number of hydrogen-bond acceptors (Lipinski definition) is 5. The van der Waals surface area contributed by atoms with Gasteiger partial charge in [0, 0.05) is 19.0 Å². The molecule has 3 rings (SSSR count). The predicted molar refractivity (Wildman–Crippen MR) is 93.1 cm³/mol. The van der Waals surface area contributed by atoms with Crippen LogP contribution in [-0.2, 0) is 11.4 Å². The van der Waals surface area contributed by atoms with E-state index in [0.29, 0.717) is 18.3 Å². The molecule has 0 aliphatic carbocycles. The Kier molecular flexibility index (Phi) is 5.68. The number of ether oxygens (including phenoxy) is 1. The maximum atomic E-state index is 12.4. The summed E-state index contributed by atoms with van der Waals surface area (Å²) >= 11 is 0. The van der Waals surface area contributed by atoms with E-state index in [2.05, 4.69) is 10.1 Å². The third kappa shape index (κ3) is 4.38. The van der Waals surface area contributed by atoms with E-state index in [1.54, 1.807) is 0 Å². The van der Waals surface area contributed by atoms with Gasteiger partial charge in [-0.05, 0) is 31.4 Å². The van der Waals surface area contributed by atoms with Gasteiger partial charge in [0.25, 0.3) is 0 Å². The number of para-hydroxylation sites is 1. The number of hydrogen-bond donors (Lipinski definition) is 0. The number of aromatic nitrogens is 2. The number of rotatable bonds is 6. The van der Waals surface area contributed by atoms with Crippen LogP contribution in [0.5, 0.6) is 5.75 Å². The largest absolute Gasteiger partial charge is 0.485 e. The SMILES string of the molecule is CC[C@@H](C)C(=O)N1CCC[C@H](c2nc(COc3ccccc3)no2)C1. The maximum absolute atomic E-state index is 12.4. The van der Waals surface area contributed by atoms with Crippen molar-refractivity contribution in [3.63, 3.8) is 0 Å². The molecule has 1 aromatic heterocycles. The summed E-state index contributed by atoms with van der Waals surface area (Å²) in [6.07, 6.45) is 2.79. The summed E-state index contributed by atoms with van der Waals surface area (Å²) in [7, 11) is 0. The summed E-state index contributed by atoms with van der Waals surface area (Å²) in [5.74, 6) is 2.31. The molecule has 25 heavy (non-hydrogen) atoms. The van der Waals surface area contributed by atoms with Crippen LogP contribution in [-0.4, -0.2) is 34.0 Å². The Labute approximate surface area is 148 Å². The van der Waals surface area contributed by atoms with Crippen LogP contribution in [0.4, 0.5) is 0 Å². The highest BCUT2D eigenvalue weighted by molar-refractivity contribution is 5.78. The molecule has 1 aromatic carbocycles. The minimum absolute atomic E-state index is 0.0660. The van der Waals surface area contributed by atoms with Crippen molar-refractivity contribution in [1.82, 2.24) is 15.0 Å². The minimum Gasteiger partial charge on any atom is -0.485 e. The fourth-order valence-corrected chi connectivity index (χ4v) is 3.02. The molecule has 2 aromatic rings. The Bertz CT molecular complexity index is 686. The second-order valence-electron chi connectivity index (χ2n) is 6.58. The van der Waals surface area contributed by atoms with Crippen LogP contribution in [0.25, 0.3) is 0 Å². The van der Waals surface area contributed by atoms with Gasteiger partial charge in [-0.25, -0.2) is 0 Å². The first-order chi connectivity index (χ1) is 12.2. The van der Waals surface area contributed by atoms with Crippen LogP contribution in [0.15, 0.2) is 34.9 Å². The van der Waals surface area contributed by atoms with E-state index >= 15 is 0 Å². The van der Waals surface area contributed by atoms with Gasteiger partial charge < -0.3 is 14.2 Å². The van der Waals surface area contributed by atoms with E-state index in [0.717, 1.165) is 31.6 Å². The van der Waals surface area contributed by atoms with Crippen LogP contribution in [0, 0.1) is 5.92 Å². The number of piperidine rings is 1. The molecule has 6 nitrogen and oxygen atoms in total. The number of carbonyl (C=O) groups is 1. The molecule has 1 fully saturated rings. The molecule has 0 saturated carbocycles. The summed E-state index contributed by atoms with van der Waals surface area (Å²) in [5.41, 5.74) is 0. The molecule has 0 radical (unpaired) electrons. The molecule has 1 aliphatic heterocycles. The van der Waals surface area contributed by atoms with Gasteiger partial charge in [-0.2, -0.15) is 4.98 Å². The van der Waals surface area contributed by atoms with Crippen molar-refractivity contribution in [1.29, 1.82) is 0 Å². The number of likely N-dealkylation sites (tertiary alicyclic amines) is 1. The van der Waals surface area contributed by atoms with E-state index in [-0.39, 0.29) is 24.3 Å². The molecule has 1 aliphatic rings. The molecular weight excluding hydrogens is 318 g/mol. The molecular formula is C19H25N3O3. The van der Waals surface area contributed by atoms with Crippen molar-refractivity contribution >= 4 is 5.91 Å². The number of nitrogens with zero attached hydrogens (tertiary/aromatic N) is 3. The zero-order chi connectivity index (χ0) is 17.6. The number of amides is 1. The highest BCUT2D eigenvalue weighted by Crippen LogP contribution is 2.27. The third-order valence-corrected chi connectivity index (χ3v) is 4.71. The van der Waals surface area contributed by atoms with Gasteiger partial charge in [-0.3, -0.25) is 4.79 Å². The summed E-state index contributed by atoms with van der Waals surface area (Å²) in [5, 5.41) is 4.01. The fraction of sp³-hybridized carbons (Fsp3) is 0.526. The van der Waals surface area contributed by atoms with Crippen LogP contribution in [0.3, 0.4) is 0 Å². The van der Waals surface area contributed by atoms with E-state index in [9.17, 15) is 4.79 Å². The fourth-order valence-electron chi connectivity index (χ4n) is 3.02. The smallest absolute Gasteiger partial charge is 0.231 e. The van der Waals surface area contributed by atoms with Crippen LogP contribution in [0.2, 0.25) is 0 Å². The second kappa shape index (κ2) is 8.14. The topological polar surface area (TPSA) is 68.5 Å². The molecule has 0 spiro atoms. The zero-order valence-corrected chi connectivity index (χ0v) is 14.9. The van der Waals surface area contributed by atoms with Crippen LogP contribution >= 0.6 is 0 Å². The summed E-state index contributed by atoms with van der Waals surface area (Å²) < 4.78 is 11.1. The van der Waals surface area contributed by atoms with Crippen LogP contribution < -0.4 is 4.74 Å². The van der Waals surface area contributed by atoms with Crippen molar-refractivity contribution in [3.8, 4) is 5.75 Å². The Hall–Kier alpha value is -2.37. The van der Waals surface area contributed by atoms with E-state index in [1.165, 1.54) is 0 Å². The predicted octanol–water partition coefficient (Wildman–Crippen LogP) is 3.40. The lowest BCUT2D eigenvalue weighted by atomic mass is 9.96. The van der Waals surface area contributed by atoms with Crippen LogP contribution in [0.1, 0.15) is 50.7 Å². The Morgan fingerprint density at radius 2 is 2.20 bits per heavy atom. The zero-order valence-electron chi connectivity index (χ0n) is 14.9. The van der Waals surface area contributed by atoms with Gasteiger partial charge in [0.2, 0.25) is 17.6 Å². The van der Waals surface area contributed by atoms with Crippen molar-refractivity contribution in [3.05, 3.63) is 42.0 Å². The van der Waals surface area contributed by atoms with Crippen molar-refractivity contribution in [2.24, 2.45) is 5.92 Å². The van der Waals surface area contributed by atoms with Crippen molar-refractivity contribution < 1.29 is 14.1 Å².